The fourth-order valence-electron chi connectivity index (χ4n) is 4.07. The van der Waals surface area contributed by atoms with Gasteiger partial charge < -0.3 is 20.1 Å². The second-order valence-corrected chi connectivity index (χ2v) is 8.44. The fourth-order valence-corrected chi connectivity index (χ4v) is 4.07. The number of aromatic nitrogens is 7. The molecule has 1 atom stereocenters. The van der Waals surface area contributed by atoms with Crippen LogP contribution in [-0.2, 0) is 16.9 Å². The zero-order chi connectivity index (χ0) is 26.2. The van der Waals surface area contributed by atoms with Crippen LogP contribution in [0.25, 0.3) is 17.2 Å². The summed E-state index contributed by atoms with van der Waals surface area (Å²) in [5.74, 6) is 0.365. The molecule has 192 valence electrons. The molecule has 1 amide bonds. The van der Waals surface area contributed by atoms with Gasteiger partial charge in [-0.1, -0.05) is 0 Å². The lowest BCUT2D eigenvalue weighted by molar-refractivity contribution is -0.143. The minimum Gasteiger partial charge on any atom is -0.478 e. The summed E-state index contributed by atoms with van der Waals surface area (Å²) in [5, 5.41) is 22.4. The highest BCUT2D eigenvalue weighted by molar-refractivity contribution is 5.88. The number of likely N-dealkylation sites (tertiary alicyclic amines) is 1. The SMILES string of the molecule is COc1nn(CC(F)F)cc1Nc1nccc(-n2ccc(-c3cc([C@]4(O)CCN(C)C4=O)ccn3)n2)n1. The topological polar surface area (TPSA) is 136 Å². The number of halogens is 2. The molecule has 0 bridgehead atoms. The molecule has 14 heteroatoms. The number of nitrogens with one attached hydrogen (secondary N) is 1. The molecule has 0 aliphatic carbocycles. The van der Waals surface area contributed by atoms with Crippen LogP contribution in [0.15, 0.2) is 49.1 Å². The van der Waals surface area contributed by atoms with Crippen molar-refractivity contribution in [2.75, 3.05) is 26.0 Å². The van der Waals surface area contributed by atoms with Gasteiger partial charge in [0, 0.05) is 44.7 Å². The number of hydrogen-bond acceptors (Lipinski definition) is 9. The zero-order valence-corrected chi connectivity index (χ0v) is 19.9. The van der Waals surface area contributed by atoms with Gasteiger partial charge in [0.05, 0.1) is 19.0 Å². The van der Waals surface area contributed by atoms with Crippen LogP contribution in [0.3, 0.4) is 0 Å². The van der Waals surface area contributed by atoms with Crippen LogP contribution in [0, 0.1) is 0 Å². The Bertz CT molecular complexity index is 1440. The van der Waals surface area contributed by atoms with E-state index in [2.05, 4.69) is 30.5 Å². The van der Waals surface area contributed by atoms with Crippen molar-refractivity contribution >= 4 is 17.5 Å². The molecule has 0 spiro atoms. The van der Waals surface area contributed by atoms with Crippen molar-refractivity contribution in [2.45, 2.75) is 25.0 Å². The summed E-state index contributed by atoms with van der Waals surface area (Å²) in [6, 6.07) is 6.64. The lowest BCUT2D eigenvalue weighted by Gasteiger charge is -2.21. The summed E-state index contributed by atoms with van der Waals surface area (Å²) in [7, 11) is 3.03. The van der Waals surface area contributed by atoms with Gasteiger partial charge >= 0.3 is 0 Å². The number of hydrogen-bond donors (Lipinski definition) is 2. The minimum absolute atomic E-state index is 0.121. The molecule has 5 heterocycles. The van der Waals surface area contributed by atoms with Gasteiger partial charge in [-0.25, -0.2) is 18.4 Å². The summed E-state index contributed by atoms with van der Waals surface area (Å²) in [6.07, 6.45) is 3.83. The number of likely N-dealkylation sites (N-methyl/N-ethyl adjacent to an activating group) is 1. The van der Waals surface area contributed by atoms with Gasteiger partial charge in [-0.2, -0.15) is 10.1 Å². The second kappa shape index (κ2) is 9.54. The number of nitrogens with zero attached hydrogens (tertiary/aromatic N) is 8. The van der Waals surface area contributed by atoms with Gasteiger partial charge in [0.25, 0.3) is 18.2 Å². The highest BCUT2D eigenvalue weighted by Gasteiger charge is 2.45. The number of rotatable bonds is 8. The van der Waals surface area contributed by atoms with E-state index in [1.165, 1.54) is 35.3 Å². The molecule has 4 aromatic rings. The maximum absolute atomic E-state index is 12.7. The molecule has 2 N–H and O–H groups in total. The number of carbonyl (C=O) groups excluding carboxylic acids is 1. The number of aliphatic hydroxyl groups is 1. The quantitative estimate of drug-likeness (QED) is 0.364. The Kier molecular flexibility index (Phi) is 6.25. The number of carbonyl (C=O) groups is 1. The van der Waals surface area contributed by atoms with Gasteiger partial charge in [0.2, 0.25) is 5.95 Å². The fraction of sp³-hybridized carbons (Fsp3) is 0.304. The maximum atomic E-state index is 12.7. The smallest absolute Gasteiger partial charge is 0.258 e. The summed E-state index contributed by atoms with van der Waals surface area (Å²) in [6.45, 7) is -0.114. The van der Waals surface area contributed by atoms with Crippen molar-refractivity contribution in [1.29, 1.82) is 0 Å². The molecular weight excluding hydrogens is 488 g/mol. The molecule has 0 unspecified atom stereocenters. The summed E-state index contributed by atoms with van der Waals surface area (Å²) < 4.78 is 33.2. The van der Waals surface area contributed by atoms with Crippen LogP contribution in [0.5, 0.6) is 5.88 Å². The predicted octanol–water partition coefficient (Wildman–Crippen LogP) is 1.99. The van der Waals surface area contributed by atoms with Gasteiger partial charge in [-0.3, -0.25) is 14.5 Å². The number of amides is 1. The summed E-state index contributed by atoms with van der Waals surface area (Å²) in [5.41, 5.74) is 0.179. The van der Waals surface area contributed by atoms with Crippen LogP contribution in [0.4, 0.5) is 20.4 Å². The van der Waals surface area contributed by atoms with E-state index in [4.69, 9.17) is 4.74 Å². The van der Waals surface area contributed by atoms with Crippen molar-refractivity contribution in [3.63, 3.8) is 0 Å². The Hall–Kier alpha value is -4.46. The van der Waals surface area contributed by atoms with Crippen molar-refractivity contribution in [2.24, 2.45) is 0 Å². The predicted molar refractivity (Wildman–Crippen MR) is 127 cm³/mol. The van der Waals surface area contributed by atoms with E-state index in [9.17, 15) is 18.7 Å². The Morgan fingerprint density at radius 1 is 1.19 bits per heavy atom. The Morgan fingerprint density at radius 3 is 2.73 bits per heavy atom. The Morgan fingerprint density at radius 2 is 2.00 bits per heavy atom. The van der Waals surface area contributed by atoms with Crippen LogP contribution < -0.4 is 10.1 Å². The third-order valence-electron chi connectivity index (χ3n) is 5.97. The lowest BCUT2D eigenvalue weighted by atomic mass is 9.92. The van der Waals surface area contributed by atoms with Crippen molar-refractivity contribution < 1.29 is 23.4 Å². The van der Waals surface area contributed by atoms with Gasteiger partial charge in [0.15, 0.2) is 11.4 Å². The van der Waals surface area contributed by atoms with Crippen LogP contribution in [-0.4, -0.2) is 77.6 Å². The first-order valence-corrected chi connectivity index (χ1v) is 11.3. The number of alkyl halides is 2. The Balaban J connectivity index is 1.38. The molecule has 1 saturated heterocycles. The van der Waals surface area contributed by atoms with Crippen LogP contribution >= 0.6 is 0 Å². The average molecular weight is 511 g/mol. The van der Waals surface area contributed by atoms with E-state index in [1.807, 2.05) is 0 Å². The molecule has 12 nitrogen and oxygen atoms in total. The minimum atomic E-state index is -2.57. The van der Waals surface area contributed by atoms with E-state index in [1.54, 1.807) is 37.5 Å². The monoisotopic (exact) mass is 511 g/mol. The molecule has 0 radical (unpaired) electrons. The van der Waals surface area contributed by atoms with Crippen molar-refractivity contribution in [3.8, 4) is 23.1 Å². The number of ether oxygens (including phenoxy) is 1. The summed E-state index contributed by atoms with van der Waals surface area (Å²) >= 11 is 0. The molecular formula is C23H23F2N9O3. The maximum Gasteiger partial charge on any atom is 0.258 e. The van der Waals surface area contributed by atoms with Crippen LogP contribution in [0.2, 0.25) is 0 Å². The number of pyridine rings is 1. The third-order valence-corrected chi connectivity index (χ3v) is 5.97. The lowest BCUT2D eigenvalue weighted by Crippen LogP contribution is -2.36. The van der Waals surface area contributed by atoms with E-state index in [-0.39, 0.29) is 17.7 Å². The molecule has 0 aromatic carbocycles. The van der Waals surface area contributed by atoms with E-state index >= 15 is 0 Å². The van der Waals surface area contributed by atoms with Crippen molar-refractivity contribution in [3.05, 3.63) is 54.6 Å². The number of methoxy groups -OCH3 is 1. The molecule has 1 aliphatic heterocycles. The molecule has 1 fully saturated rings. The number of anilines is 2. The largest absolute Gasteiger partial charge is 0.478 e. The van der Waals surface area contributed by atoms with E-state index in [0.29, 0.717) is 41.4 Å². The third kappa shape index (κ3) is 4.70. The molecule has 1 aliphatic rings. The molecule has 0 saturated carbocycles. The first kappa shape index (κ1) is 24.2. The first-order chi connectivity index (χ1) is 17.8. The molecule has 37 heavy (non-hydrogen) atoms. The van der Waals surface area contributed by atoms with Gasteiger partial charge in [-0.15, -0.1) is 5.10 Å². The van der Waals surface area contributed by atoms with E-state index < -0.39 is 18.6 Å². The standard InChI is InChI=1S/C23H23F2N9O3/c1-32-10-6-23(36,21(32)35)14-3-7-26-16(11-14)15-5-9-34(30-15)19-4-8-27-22(29-19)28-17-12-33(13-18(24)25)31-20(17)37-2/h3-5,7-9,11-12,18,36H,6,10,13H2,1-2H3,(H,27,28,29)/t23-/m1/s1. The van der Waals surface area contributed by atoms with Gasteiger partial charge in [0.1, 0.15) is 17.9 Å². The Labute approximate surface area is 209 Å². The second-order valence-electron chi connectivity index (χ2n) is 8.44. The highest BCUT2D eigenvalue weighted by atomic mass is 19.3. The highest BCUT2D eigenvalue weighted by Crippen LogP contribution is 2.34. The molecule has 4 aromatic heterocycles. The summed E-state index contributed by atoms with van der Waals surface area (Å²) in [4.78, 5) is 26.9. The first-order valence-electron chi connectivity index (χ1n) is 11.3. The van der Waals surface area contributed by atoms with E-state index in [0.717, 1.165) is 4.68 Å². The van der Waals surface area contributed by atoms with Crippen LogP contribution in [0.1, 0.15) is 12.0 Å². The normalized spacial score (nSPS) is 17.6. The average Bonchev–Trinajstić information content (AvgIpc) is 3.59. The van der Waals surface area contributed by atoms with Crippen molar-refractivity contribution in [1.82, 2.24) is 39.4 Å². The van der Waals surface area contributed by atoms with Gasteiger partial charge in [-0.05, 0) is 23.8 Å². The zero-order valence-electron chi connectivity index (χ0n) is 19.9. The molecule has 5 rings (SSSR count).